The van der Waals surface area contributed by atoms with Crippen LogP contribution in [0, 0.1) is 17.8 Å². The van der Waals surface area contributed by atoms with Gasteiger partial charge in [0.15, 0.2) is 0 Å². The van der Waals surface area contributed by atoms with E-state index in [1.807, 2.05) is 13.8 Å². The Morgan fingerprint density at radius 3 is 2.21 bits per heavy atom. The highest BCUT2D eigenvalue weighted by atomic mass is 16.6. The highest BCUT2D eigenvalue weighted by Crippen LogP contribution is 2.34. The highest BCUT2D eigenvalue weighted by Gasteiger charge is 2.47. The third-order valence-electron chi connectivity index (χ3n) is 7.45. The van der Waals surface area contributed by atoms with E-state index in [4.69, 9.17) is 10.5 Å². The fourth-order valence-corrected chi connectivity index (χ4v) is 5.54. The summed E-state index contributed by atoms with van der Waals surface area (Å²) in [6, 6.07) is -2.77. The zero-order chi connectivity index (χ0) is 28.6. The second-order valence-electron chi connectivity index (χ2n) is 11.9. The first kappa shape index (κ1) is 31.3. The topological polar surface area (TPSA) is 148 Å². The summed E-state index contributed by atoms with van der Waals surface area (Å²) < 4.78 is 5.45. The molecule has 4 N–H and O–H groups in total. The largest absolute Gasteiger partial charge is 0.444 e. The molecule has 0 aromatic heterocycles. The van der Waals surface area contributed by atoms with Crippen LogP contribution in [0.15, 0.2) is 12.7 Å². The molecule has 1 aliphatic carbocycles. The maximum atomic E-state index is 14.1. The smallest absolute Gasteiger partial charge is 0.408 e. The molecule has 2 rings (SSSR count). The molecule has 1 saturated heterocycles. The lowest BCUT2D eigenvalue weighted by atomic mass is 9.83. The first-order chi connectivity index (χ1) is 17.8. The molecule has 0 bridgehead atoms. The minimum atomic E-state index is -1.13. The number of hydrogen-bond acceptors (Lipinski definition) is 6. The predicted molar refractivity (Wildman–Crippen MR) is 144 cm³/mol. The third-order valence-corrected chi connectivity index (χ3v) is 7.45. The molecule has 10 heteroatoms. The molecule has 4 atom stereocenters. The molecule has 1 heterocycles. The van der Waals surface area contributed by atoms with Crippen molar-refractivity contribution < 1.29 is 28.7 Å². The van der Waals surface area contributed by atoms with Gasteiger partial charge in [-0.15, -0.1) is 6.58 Å². The van der Waals surface area contributed by atoms with E-state index < -0.39 is 47.4 Å². The van der Waals surface area contributed by atoms with Gasteiger partial charge in [-0.05, 0) is 70.6 Å². The molecule has 4 unspecified atom stereocenters. The fraction of sp³-hybridized carbons (Fsp3) is 0.750. The van der Waals surface area contributed by atoms with Gasteiger partial charge in [-0.1, -0.05) is 39.2 Å². The van der Waals surface area contributed by atoms with Crippen LogP contribution in [0.1, 0.15) is 86.0 Å². The Labute approximate surface area is 226 Å². The van der Waals surface area contributed by atoms with E-state index in [1.165, 1.54) is 4.90 Å². The van der Waals surface area contributed by atoms with E-state index in [1.54, 1.807) is 26.8 Å². The van der Waals surface area contributed by atoms with E-state index in [9.17, 15) is 24.0 Å². The number of carbonyl (C=O) groups excluding carboxylic acids is 5. The lowest BCUT2D eigenvalue weighted by Gasteiger charge is -2.36. The number of Topliss-reactive ketones (excluding diaryl/α,β-unsaturated/α-hetero) is 1. The summed E-state index contributed by atoms with van der Waals surface area (Å²) in [6.07, 6.45) is 6.68. The monoisotopic (exact) mass is 534 g/mol. The van der Waals surface area contributed by atoms with E-state index in [0.29, 0.717) is 19.4 Å². The summed E-state index contributed by atoms with van der Waals surface area (Å²) in [5.74, 6) is -2.98. The van der Waals surface area contributed by atoms with Gasteiger partial charge in [0.25, 0.3) is 5.91 Å². The van der Waals surface area contributed by atoms with Crippen molar-refractivity contribution in [2.45, 2.75) is 110 Å². The van der Waals surface area contributed by atoms with Crippen molar-refractivity contribution in [1.29, 1.82) is 0 Å². The number of rotatable bonds is 11. The number of likely N-dealkylation sites (tertiary alicyclic amines) is 1. The second kappa shape index (κ2) is 13.8. The maximum absolute atomic E-state index is 14.1. The van der Waals surface area contributed by atoms with Crippen molar-refractivity contribution in [3.8, 4) is 0 Å². The van der Waals surface area contributed by atoms with Crippen LogP contribution in [0.3, 0.4) is 0 Å². The molecular formula is C28H46N4O6. The molecule has 1 saturated carbocycles. The number of alkyl carbamates (subject to hydrolysis) is 1. The van der Waals surface area contributed by atoms with Crippen LogP contribution in [-0.4, -0.2) is 64.8 Å². The molecule has 0 aromatic rings. The average molecular weight is 535 g/mol. The number of nitrogens with one attached hydrogen (secondary N) is 2. The van der Waals surface area contributed by atoms with Crippen LogP contribution >= 0.6 is 0 Å². The molecule has 0 spiro atoms. The van der Waals surface area contributed by atoms with Crippen molar-refractivity contribution in [2.24, 2.45) is 23.5 Å². The SMILES string of the molecule is C=CCCC(NC(=O)C1C(C(C)C)CCN1C(=O)C(NC(=O)OC(C)(C)C)C1CCCCC1)C(=O)C(N)=O. The molecule has 10 nitrogen and oxygen atoms in total. The van der Waals surface area contributed by atoms with Gasteiger partial charge >= 0.3 is 6.09 Å². The van der Waals surface area contributed by atoms with Gasteiger partial charge < -0.3 is 26.0 Å². The molecule has 0 radical (unpaired) electrons. The lowest BCUT2D eigenvalue weighted by molar-refractivity contribution is -0.144. The summed E-state index contributed by atoms with van der Waals surface area (Å²) >= 11 is 0. The minimum Gasteiger partial charge on any atom is -0.444 e. The number of amides is 4. The second-order valence-corrected chi connectivity index (χ2v) is 11.9. The van der Waals surface area contributed by atoms with Crippen molar-refractivity contribution in [3.05, 3.63) is 12.7 Å². The summed E-state index contributed by atoms with van der Waals surface area (Å²) in [5, 5.41) is 5.51. The third kappa shape index (κ3) is 8.56. The van der Waals surface area contributed by atoms with Crippen LogP contribution < -0.4 is 16.4 Å². The van der Waals surface area contributed by atoms with Crippen LogP contribution in [-0.2, 0) is 23.9 Å². The number of primary amides is 1. The van der Waals surface area contributed by atoms with E-state index in [-0.39, 0.29) is 30.1 Å². The van der Waals surface area contributed by atoms with E-state index >= 15 is 0 Å². The van der Waals surface area contributed by atoms with Crippen molar-refractivity contribution in [3.63, 3.8) is 0 Å². The molecule has 2 aliphatic rings. The van der Waals surface area contributed by atoms with Gasteiger partial charge in [-0.3, -0.25) is 19.2 Å². The zero-order valence-corrected chi connectivity index (χ0v) is 23.6. The van der Waals surface area contributed by atoms with E-state index in [0.717, 1.165) is 32.1 Å². The quantitative estimate of drug-likeness (QED) is 0.274. The highest BCUT2D eigenvalue weighted by molar-refractivity contribution is 6.37. The Morgan fingerprint density at radius 1 is 1.05 bits per heavy atom. The normalized spacial score (nSPS) is 21.9. The Bertz CT molecular complexity index is 890. The van der Waals surface area contributed by atoms with Gasteiger partial charge in [-0.2, -0.15) is 0 Å². The number of nitrogens with zero attached hydrogens (tertiary/aromatic N) is 1. The predicted octanol–water partition coefficient (Wildman–Crippen LogP) is 2.84. The average Bonchev–Trinajstić information content (AvgIpc) is 3.29. The van der Waals surface area contributed by atoms with Gasteiger partial charge in [0.1, 0.15) is 17.7 Å². The first-order valence-electron chi connectivity index (χ1n) is 13.8. The Hall–Kier alpha value is -2.91. The van der Waals surface area contributed by atoms with Crippen LogP contribution in [0.4, 0.5) is 4.79 Å². The molecule has 38 heavy (non-hydrogen) atoms. The Balaban J connectivity index is 2.34. The number of hydrogen-bond donors (Lipinski definition) is 3. The molecule has 1 aliphatic heterocycles. The van der Waals surface area contributed by atoms with Gasteiger partial charge in [-0.25, -0.2) is 4.79 Å². The summed E-state index contributed by atoms with van der Waals surface area (Å²) in [7, 11) is 0. The fourth-order valence-electron chi connectivity index (χ4n) is 5.54. The van der Waals surface area contributed by atoms with Crippen LogP contribution in [0.2, 0.25) is 0 Å². The van der Waals surface area contributed by atoms with Gasteiger partial charge in [0.05, 0.1) is 6.04 Å². The number of allylic oxidation sites excluding steroid dienone is 1. The first-order valence-corrected chi connectivity index (χ1v) is 13.8. The Morgan fingerprint density at radius 2 is 1.68 bits per heavy atom. The van der Waals surface area contributed by atoms with Gasteiger partial charge in [0, 0.05) is 6.54 Å². The van der Waals surface area contributed by atoms with E-state index in [2.05, 4.69) is 17.2 Å². The number of ketones is 1. The zero-order valence-electron chi connectivity index (χ0n) is 23.6. The summed E-state index contributed by atoms with van der Waals surface area (Å²) in [6.45, 7) is 13.2. The van der Waals surface area contributed by atoms with Crippen molar-refractivity contribution >= 4 is 29.6 Å². The standard InChI is InChI=1S/C28H46N4O6/c1-7-8-14-20(23(33)24(29)34)30-25(35)22-19(17(2)3)15-16-32(22)26(36)21(18-12-10-9-11-13-18)31-27(37)38-28(4,5)6/h7,17-22H,1,8-16H2,2-6H3,(H2,29,34)(H,30,35)(H,31,37). The van der Waals surface area contributed by atoms with Crippen molar-refractivity contribution in [2.75, 3.05) is 6.54 Å². The maximum Gasteiger partial charge on any atom is 0.408 e. The summed E-state index contributed by atoms with van der Waals surface area (Å²) in [4.78, 5) is 66.0. The van der Waals surface area contributed by atoms with Crippen molar-refractivity contribution in [1.82, 2.24) is 15.5 Å². The molecule has 4 amide bonds. The molecular weight excluding hydrogens is 488 g/mol. The minimum absolute atomic E-state index is 0.0673. The molecule has 214 valence electrons. The molecule has 0 aromatic carbocycles. The van der Waals surface area contributed by atoms with Crippen LogP contribution in [0.25, 0.3) is 0 Å². The van der Waals surface area contributed by atoms with Gasteiger partial charge in [0.2, 0.25) is 17.6 Å². The number of nitrogens with two attached hydrogens (primary N) is 1. The number of ether oxygens (including phenoxy) is 1. The lowest BCUT2D eigenvalue weighted by Crippen LogP contribution is -2.59. The Kier molecular flexibility index (Phi) is 11.3. The molecule has 2 fully saturated rings. The van der Waals surface area contributed by atoms with Crippen LogP contribution in [0.5, 0.6) is 0 Å². The number of carbonyl (C=O) groups is 5. The summed E-state index contributed by atoms with van der Waals surface area (Å²) in [5.41, 5.74) is 4.49.